The number of carbonyl (C=O) groups excluding carboxylic acids is 1. The van der Waals surface area contributed by atoms with Crippen LogP contribution >= 0.6 is 11.8 Å². The summed E-state index contributed by atoms with van der Waals surface area (Å²) in [4.78, 5) is 13.7. The maximum Gasteiger partial charge on any atom is 0.265 e. The van der Waals surface area contributed by atoms with Gasteiger partial charge in [0.1, 0.15) is 5.75 Å². The van der Waals surface area contributed by atoms with E-state index < -0.39 is 6.10 Å². The van der Waals surface area contributed by atoms with Crippen molar-refractivity contribution >= 4 is 23.4 Å². The van der Waals surface area contributed by atoms with Crippen LogP contribution in [0.3, 0.4) is 0 Å². The number of benzene rings is 3. The van der Waals surface area contributed by atoms with Crippen LogP contribution in [-0.2, 0) is 10.5 Å². The van der Waals surface area contributed by atoms with E-state index in [9.17, 15) is 4.79 Å². The molecule has 3 nitrogen and oxygen atoms in total. The van der Waals surface area contributed by atoms with E-state index in [-0.39, 0.29) is 5.91 Å². The average molecular weight is 392 g/mol. The van der Waals surface area contributed by atoms with Crippen LogP contribution in [0, 0.1) is 13.8 Å². The zero-order chi connectivity index (χ0) is 19.9. The minimum Gasteiger partial charge on any atom is -0.481 e. The monoisotopic (exact) mass is 391 g/mol. The van der Waals surface area contributed by atoms with Crippen LogP contribution < -0.4 is 10.1 Å². The van der Waals surface area contributed by atoms with Gasteiger partial charge in [-0.2, -0.15) is 0 Å². The molecule has 0 saturated carbocycles. The number of thioether (sulfide) groups is 1. The van der Waals surface area contributed by atoms with Gasteiger partial charge in [0.05, 0.1) is 0 Å². The molecule has 3 aromatic carbocycles. The number of anilines is 1. The second-order valence-electron chi connectivity index (χ2n) is 6.81. The molecule has 0 radical (unpaired) electrons. The van der Waals surface area contributed by atoms with Crippen molar-refractivity contribution in [3.63, 3.8) is 0 Å². The topological polar surface area (TPSA) is 38.3 Å². The molecule has 3 rings (SSSR count). The van der Waals surface area contributed by atoms with Crippen LogP contribution in [0.1, 0.15) is 23.6 Å². The summed E-state index contributed by atoms with van der Waals surface area (Å²) in [5.74, 6) is 1.43. The van der Waals surface area contributed by atoms with E-state index >= 15 is 0 Å². The standard InChI is InChI=1S/C24H25NO2S/c1-17-9-12-21(13-10-17)27-19(3)24(26)25-23-14-11-20(15-18(23)2)16-28-22-7-5-4-6-8-22/h4-15,19H,16H2,1-3H3,(H,25,26)/t19-/m1/s1. The number of rotatable bonds is 7. The molecule has 1 atom stereocenters. The lowest BCUT2D eigenvalue weighted by molar-refractivity contribution is -0.122. The quantitative estimate of drug-likeness (QED) is 0.502. The van der Waals surface area contributed by atoms with Gasteiger partial charge in [-0.05, 0) is 62.2 Å². The molecule has 0 saturated heterocycles. The van der Waals surface area contributed by atoms with Crippen molar-refractivity contribution in [3.05, 3.63) is 89.5 Å². The molecular weight excluding hydrogens is 366 g/mol. The molecule has 0 aliphatic carbocycles. The normalized spacial score (nSPS) is 11.7. The Morgan fingerprint density at radius 3 is 2.39 bits per heavy atom. The highest BCUT2D eigenvalue weighted by Gasteiger charge is 2.16. The summed E-state index contributed by atoms with van der Waals surface area (Å²) in [5, 5.41) is 2.97. The van der Waals surface area contributed by atoms with Gasteiger partial charge in [-0.1, -0.05) is 48.0 Å². The van der Waals surface area contributed by atoms with Gasteiger partial charge in [-0.15, -0.1) is 11.8 Å². The Morgan fingerprint density at radius 2 is 1.71 bits per heavy atom. The van der Waals surface area contributed by atoms with Gasteiger partial charge < -0.3 is 10.1 Å². The second kappa shape index (κ2) is 9.47. The van der Waals surface area contributed by atoms with Gasteiger partial charge >= 0.3 is 0 Å². The van der Waals surface area contributed by atoms with Gasteiger partial charge in [-0.25, -0.2) is 0 Å². The first-order chi connectivity index (χ1) is 13.5. The molecule has 0 unspecified atom stereocenters. The lowest BCUT2D eigenvalue weighted by atomic mass is 10.1. The van der Waals surface area contributed by atoms with Gasteiger partial charge in [0.15, 0.2) is 6.10 Å². The Balaban J connectivity index is 1.57. The van der Waals surface area contributed by atoms with Gasteiger partial charge in [0.2, 0.25) is 0 Å². The highest BCUT2D eigenvalue weighted by atomic mass is 32.2. The lowest BCUT2D eigenvalue weighted by Gasteiger charge is -2.16. The molecule has 0 aliphatic heterocycles. The number of aryl methyl sites for hydroxylation is 2. The summed E-state index contributed by atoms with van der Waals surface area (Å²) in [6, 6.07) is 24.2. The zero-order valence-electron chi connectivity index (χ0n) is 16.4. The number of hydrogen-bond acceptors (Lipinski definition) is 3. The number of ether oxygens (including phenoxy) is 1. The smallest absolute Gasteiger partial charge is 0.265 e. The van der Waals surface area contributed by atoms with E-state index in [4.69, 9.17) is 4.74 Å². The Kier molecular flexibility index (Phi) is 6.77. The molecule has 0 aromatic heterocycles. The molecule has 0 bridgehead atoms. The third-order valence-electron chi connectivity index (χ3n) is 4.40. The lowest BCUT2D eigenvalue weighted by Crippen LogP contribution is -2.30. The molecule has 0 heterocycles. The summed E-state index contributed by atoms with van der Waals surface area (Å²) in [5.41, 5.74) is 4.25. The van der Waals surface area contributed by atoms with Crippen molar-refractivity contribution in [1.82, 2.24) is 0 Å². The fourth-order valence-electron chi connectivity index (χ4n) is 2.75. The Hall–Kier alpha value is -2.72. The Morgan fingerprint density at radius 1 is 1.00 bits per heavy atom. The van der Waals surface area contributed by atoms with Crippen LogP contribution in [-0.4, -0.2) is 12.0 Å². The molecule has 1 N–H and O–H groups in total. The average Bonchev–Trinajstić information content (AvgIpc) is 2.70. The summed E-state index contributed by atoms with van der Waals surface area (Å²) >= 11 is 1.80. The summed E-state index contributed by atoms with van der Waals surface area (Å²) in [6.07, 6.45) is -0.574. The van der Waals surface area contributed by atoms with Crippen LogP contribution in [0.25, 0.3) is 0 Å². The highest BCUT2D eigenvalue weighted by Crippen LogP contribution is 2.25. The van der Waals surface area contributed by atoms with E-state index in [0.29, 0.717) is 5.75 Å². The zero-order valence-corrected chi connectivity index (χ0v) is 17.3. The largest absolute Gasteiger partial charge is 0.481 e. The summed E-state index contributed by atoms with van der Waals surface area (Å²) in [6.45, 7) is 5.79. The van der Waals surface area contributed by atoms with Gasteiger partial charge in [0.25, 0.3) is 5.91 Å². The van der Waals surface area contributed by atoms with Crippen LogP contribution in [0.4, 0.5) is 5.69 Å². The van der Waals surface area contributed by atoms with Crippen LogP contribution in [0.2, 0.25) is 0 Å². The minimum atomic E-state index is -0.574. The summed E-state index contributed by atoms with van der Waals surface area (Å²) < 4.78 is 5.74. The number of nitrogens with one attached hydrogen (secondary N) is 1. The van der Waals surface area contributed by atoms with Crippen molar-refractivity contribution in [2.75, 3.05) is 5.32 Å². The second-order valence-corrected chi connectivity index (χ2v) is 7.86. The molecule has 4 heteroatoms. The highest BCUT2D eigenvalue weighted by molar-refractivity contribution is 7.98. The fraction of sp³-hybridized carbons (Fsp3) is 0.208. The van der Waals surface area contributed by atoms with Gasteiger partial charge in [0, 0.05) is 16.3 Å². The molecule has 3 aromatic rings. The fourth-order valence-corrected chi connectivity index (χ4v) is 3.61. The molecule has 0 aliphatic rings. The van der Waals surface area contributed by atoms with Crippen molar-refractivity contribution < 1.29 is 9.53 Å². The number of hydrogen-bond donors (Lipinski definition) is 1. The molecule has 0 fully saturated rings. The molecule has 0 spiro atoms. The van der Waals surface area contributed by atoms with E-state index in [2.05, 4.69) is 29.6 Å². The maximum absolute atomic E-state index is 12.5. The van der Waals surface area contributed by atoms with Gasteiger partial charge in [-0.3, -0.25) is 4.79 Å². The van der Waals surface area contributed by atoms with Crippen molar-refractivity contribution in [3.8, 4) is 5.75 Å². The third-order valence-corrected chi connectivity index (χ3v) is 5.48. The first-order valence-corrected chi connectivity index (χ1v) is 10.3. The molecule has 144 valence electrons. The van der Waals surface area contributed by atoms with E-state index in [0.717, 1.165) is 22.6 Å². The van der Waals surface area contributed by atoms with Crippen LogP contribution in [0.15, 0.2) is 77.7 Å². The van der Waals surface area contributed by atoms with Crippen molar-refractivity contribution in [2.45, 2.75) is 37.5 Å². The minimum absolute atomic E-state index is 0.157. The molecular formula is C24H25NO2S. The van der Waals surface area contributed by atoms with E-state index in [1.54, 1.807) is 18.7 Å². The first kappa shape index (κ1) is 20.0. The van der Waals surface area contributed by atoms with Crippen molar-refractivity contribution in [2.24, 2.45) is 0 Å². The van der Waals surface area contributed by atoms with Crippen LogP contribution in [0.5, 0.6) is 5.75 Å². The third kappa shape index (κ3) is 5.64. The maximum atomic E-state index is 12.5. The molecule has 1 amide bonds. The predicted molar refractivity (Wildman–Crippen MR) is 117 cm³/mol. The van der Waals surface area contributed by atoms with E-state index in [1.165, 1.54) is 10.5 Å². The predicted octanol–water partition coefficient (Wildman–Crippen LogP) is 6.00. The van der Waals surface area contributed by atoms with E-state index in [1.807, 2.05) is 62.4 Å². The molecule has 28 heavy (non-hydrogen) atoms. The summed E-state index contributed by atoms with van der Waals surface area (Å²) in [7, 11) is 0. The van der Waals surface area contributed by atoms with Crippen molar-refractivity contribution in [1.29, 1.82) is 0 Å². The Labute approximate surface area is 171 Å². The Bertz CT molecular complexity index is 923. The SMILES string of the molecule is Cc1ccc(O[C@H](C)C(=O)Nc2ccc(CSc3ccccc3)cc2C)cc1. The number of carbonyl (C=O) groups is 1. The first-order valence-electron chi connectivity index (χ1n) is 9.33. The number of amides is 1.